The number of rotatable bonds is 3. The Hall–Kier alpha value is -2.45. The maximum absolute atomic E-state index is 4.88. The Morgan fingerprint density at radius 1 is 0.724 bits per heavy atom. The van der Waals surface area contributed by atoms with Gasteiger partial charge < -0.3 is 0 Å². The Bertz CT molecular complexity index is 1330. The summed E-state index contributed by atoms with van der Waals surface area (Å²) >= 11 is 0.269. The fraction of sp³-hybridized carbons (Fsp3) is 0.115. The molecule has 142 valence electrons. The molecule has 5 aromatic rings. The molecule has 3 heteroatoms. The molecule has 0 N–H and O–H groups in total. The Morgan fingerprint density at radius 2 is 1.48 bits per heavy atom. The van der Waals surface area contributed by atoms with Crippen molar-refractivity contribution in [1.29, 1.82) is 0 Å². The zero-order chi connectivity index (χ0) is 20.0. The van der Waals surface area contributed by atoms with E-state index in [2.05, 4.69) is 98.5 Å². The summed E-state index contributed by atoms with van der Waals surface area (Å²) in [6.07, 6.45) is 1.97. The number of hydrogen-bond donors (Lipinski definition) is 0. The van der Waals surface area contributed by atoms with Gasteiger partial charge in [-0.2, -0.15) is 0 Å². The standard InChI is InChI=1S/C26H23NSeSi/c1-29(2,3)24-17-21(15-19-11-7-8-12-22(19)24)25-26-20(13-14-27-25)16-23(28-26)18-9-5-4-6-10-18/h4-17H,1-3H3. The molecule has 2 heterocycles. The molecule has 1 nitrogen and oxygen atoms in total. The minimum absolute atomic E-state index is 0.269. The van der Waals surface area contributed by atoms with Crippen LogP contribution in [0.5, 0.6) is 0 Å². The van der Waals surface area contributed by atoms with Crippen LogP contribution in [-0.2, 0) is 0 Å². The molecule has 0 spiro atoms. The van der Waals surface area contributed by atoms with Gasteiger partial charge in [-0.05, 0) is 0 Å². The van der Waals surface area contributed by atoms with Crippen molar-refractivity contribution in [2.24, 2.45) is 0 Å². The predicted molar refractivity (Wildman–Crippen MR) is 130 cm³/mol. The molecule has 0 fully saturated rings. The molecule has 0 unspecified atom stereocenters. The van der Waals surface area contributed by atoms with Crippen LogP contribution in [0.25, 0.3) is 41.7 Å². The summed E-state index contributed by atoms with van der Waals surface area (Å²) in [5.74, 6) is 0. The second-order valence-corrected chi connectivity index (χ2v) is 15.8. The number of nitrogens with zero attached hydrogens (tertiary/aromatic N) is 1. The van der Waals surface area contributed by atoms with E-state index in [1.807, 2.05) is 6.20 Å². The Kier molecular flexibility index (Phi) is 4.55. The van der Waals surface area contributed by atoms with Crippen molar-refractivity contribution in [2.45, 2.75) is 19.6 Å². The molecule has 0 aliphatic carbocycles. The normalized spacial score (nSPS) is 12.0. The van der Waals surface area contributed by atoms with Gasteiger partial charge >= 0.3 is 179 Å². The van der Waals surface area contributed by atoms with Crippen molar-refractivity contribution in [3.05, 3.63) is 85.1 Å². The van der Waals surface area contributed by atoms with Crippen LogP contribution in [0.3, 0.4) is 0 Å². The van der Waals surface area contributed by atoms with Crippen molar-refractivity contribution in [3.63, 3.8) is 0 Å². The average molecular weight is 457 g/mol. The molecule has 0 aliphatic heterocycles. The Morgan fingerprint density at radius 3 is 2.28 bits per heavy atom. The monoisotopic (exact) mass is 457 g/mol. The number of benzene rings is 3. The number of aromatic nitrogens is 1. The summed E-state index contributed by atoms with van der Waals surface area (Å²) in [6, 6.07) is 28.8. The molecule has 0 bridgehead atoms. The van der Waals surface area contributed by atoms with E-state index in [0.29, 0.717) is 0 Å². The predicted octanol–water partition coefficient (Wildman–Crippen LogP) is 6.32. The van der Waals surface area contributed by atoms with Gasteiger partial charge in [0.15, 0.2) is 0 Å². The molecule has 29 heavy (non-hydrogen) atoms. The topological polar surface area (TPSA) is 12.9 Å². The van der Waals surface area contributed by atoms with Crippen LogP contribution in [0.4, 0.5) is 0 Å². The zero-order valence-electron chi connectivity index (χ0n) is 16.9. The molecular weight excluding hydrogens is 433 g/mol. The van der Waals surface area contributed by atoms with Gasteiger partial charge in [-0.1, -0.05) is 0 Å². The average Bonchev–Trinajstić information content (AvgIpc) is 3.17. The van der Waals surface area contributed by atoms with E-state index in [4.69, 9.17) is 4.98 Å². The first-order chi connectivity index (χ1) is 14.0. The van der Waals surface area contributed by atoms with Crippen molar-refractivity contribution in [3.8, 4) is 21.3 Å². The first-order valence-corrected chi connectivity index (χ1v) is 15.2. The van der Waals surface area contributed by atoms with Crippen LogP contribution >= 0.6 is 0 Å². The van der Waals surface area contributed by atoms with Gasteiger partial charge in [0, 0.05) is 0 Å². The fourth-order valence-corrected chi connectivity index (χ4v) is 8.07. The minimum atomic E-state index is -1.49. The fourth-order valence-electron chi connectivity index (χ4n) is 3.98. The van der Waals surface area contributed by atoms with Gasteiger partial charge in [0.2, 0.25) is 0 Å². The quantitative estimate of drug-likeness (QED) is 0.289. The van der Waals surface area contributed by atoms with E-state index in [9.17, 15) is 0 Å². The summed E-state index contributed by atoms with van der Waals surface area (Å²) in [6.45, 7) is 7.29. The van der Waals surface area contributed by atoms with Gasteiger partial charge in [0.1, 0.15) is 0 Å². The number of pyridine rings is 1. The number of fused-ring (bicyclic) bond motifs is 2. The van der Waals surface area contributed by atoms with E-state index < -0.39 is 8.07 Å². The molecular formula is C26H23NSeSi. The van der Waals surface area contributed by atoms with Crippen molar-refractivity contribution in [2.75, 3.05) is 0 Å². The first kappa shape index (κ1) is 18.6. The van der Waals surface area contributed by atoms with Crippen molar-refractivity contribution < 1.29 is 0 Å². The Labute approximate surface area is 178 Å². The zero-order valence-corrected chi connectivity index (χ0v) is 19.7. The summed E-state index contributed by atoms with van der Waals surface area (Å²) in [4.78, 5) is 4.88. The molecule has 0 atom stereocenters. The summed E-state index contributed by atoms with van der Waals surface area (Å²) in [5, 5.41) is 5.57. The summed E-state index contributed by atoms with van der Waals surface area (Å²) in [7, 11) is -1.49. The third-order valence-corrected chi connectivity index (χ3v) is 10.00. The van der Waals surface area contributed by atoms with Crippen LogP contribution < -0.4 is 5.19 Å². The molecule has 0 aliphatic rings. The van der Waals surface area contributed by atoms with Crippen molar-refractivity contribution >= 4 is 48.2 Å². The van der Waals surface area contributed by atoms with E-state index in [0.717, 1.165) is 5.69 Å². The molecule has 3 aromatic carbocycles. The molecule has 0 radical (unpaired) electrons. The van der Waals surface area contributed by atoms with E-state index in [1.54, 1.807) is 0 Å². The van der Waals surface area contributed by atoms with Gasteiger partial charge in [-0.15, -0.1) is 0 Å². The van der Waals surface area contributed by atoms with E-state index in [1.165, 1.54) is 41.2 Å². The van der Waals surface area contributed by atoms with Crippen LogP contribution in [0.2, 0.25) is 19.6 Å². The molecule has 0 amide bonds. The van der Waals surface area contributed by atoms with Gasteiger partial charge in [-0.25, -0.2) is 0 Å². The maximum atomic E-state index is 4.88. The van der Waals surface area contributed by atoms with Crippen LogP contribution in [0.1, 0.15) is 0 Å². The van der Waals surface area contributed by atoms with Crippen LogP contribution in [0.15, 0.2) is 85.1 Å². The first-order valence-electron chi connectivity index (χ1n) is 9.98. The third-order valence-electron chi connectivity index (χ3n) is 5.44. The van der Waals surface area contributed by atoms with Crippen LogP contribution in [-0.4, -0.2) is 27.6 Å². The van der Waals surface area contributed by atoms with Gasteiger partial charge in [-0.3, -0.25) is 0 Å². The SMILES string of the molecule is C[Si](C)(C)c1cc(-c2nccc3cc(-c4ccccc4)[se]c23)cc2ccccc12. The van der Waals surface area contributed by atoms with Gasteiger partial charge in [0.25, 0.3) is 0 Å². The van der Waals surface area contributed by atoms with Crippen molar-refractivity contribution in [1.82, 2.24) is 4.98 Å². The summed E-state index contributed by atoms with van der Waals surface area (Å²) in [5.41, 5.74) is 3.76. The molecule has 0 saturated carbocycles. The molecule has 5 rings (SSSR count). The summed E-state index contributed by atoms with van der Waals surface area (Å²) < 4.78 is 2.85. The Balaban J connectivity index is 1.76. The molecule has 0 saturated heterocycles. The van der Waals surface area contributed by atoms with Gasteiger partial charge in [0.05, 0.1) is 0 Å². The van der Waals surface area contributed by atoms with E-state index >= 15 is 0 Å². The number of hydrogen-bond acceptors (Lipinski definition) is 1. The molecule has 2 aromatic heterocycles. The third kappa shape index (κ3) is 3.40. The second-order valence-electron chi connectivity index (χ2n) is 8.55. The van der Waals surface area contributed by atoms with Crippen LogP contribution in [0, 0.1) is 0 Å². The van der Waals surface area contributed by atoms with E-state index in [-0.39, 0.29) is 14.5 Å². The second kappa shape index (κ2) is 7.10.